The van der Waals surface area contributed by atoms with Gasteiger partial charge in [-0.15, -0.1) is 11.8 Å². The highest BCUT2D eigenvalue weighted by molar-refractivity contribution is 7.98. The van der Waals surface area contributed by atoms with Crippen LogP contribution in [0.3, 0.4) is 0 Å². The Morgan fingerprint density at radius 1 is 1.04 bits per heavy atom. The van der Waals surface area contributed by atoms with E-state index >= 15 is 0 Å². The second-order valence-corrected chi connectivity index (χ2v) is 7.18. The lowest BCUT2D eigenvalue weighted by Gasteiger charge is -2.15. The first-order valence-corrected chi connectivity index (χ1v) is 9.84. The van der Waals surface area contributed by atoms with Gasteiger partial charge in [-0.05, 0) is 30.0 Å². The Kier molecular flexibility index (Phi) is 7.97. The van der Waals surface area contributed by atoms with Crippen LogP contribution in [-0.2, 0) is 16.1 Å². The zero-order valence-corrected chi connectivity index (χ0v) is 16.4. The van der Waals surface area contributed by atoms with Crippen molar-refractivity contribution in [2.75, 3.05) is 31.7 Å². The van der Waals surface area contributed by atoms with E-state index in [0.717, 1.165) is 21.0 Å². The van der Waals surface area contributed by atoms with Crippen molar-refractivity contribution >= 4 is 40.9 Å². The lowest BCUT2D eigenvalue weighted by Crippen LogP contribution is -3.11. The van der Waals surface area contributed by atoms with Gasteiger partial charge in [0.05, 0.1) is 12.7 Å². The fourth-order valence-corrected chi connectivity index (χ4v) is 3.21. The number of carbonyl (C=O) groups excluding carboxylic acids is 2. The number of thioether (sulfide) groups is 1. The maximum absolute atomic E-state index is 12.2. The van der Waals surface area contributed by atoms with E-state index in [2.05, 4.69) is 10.6 Å². The summed E-state index contributed by atoms with van der Waals surface area (Å²) in [5.41, 5.74) is 1.66. The largest absolute Gasteiger partial charge is 0.347 e. The van der Waals surface area contributed by atoms with Gasteiger partial charge in [-0.1, -0.05) is 41.9 Å². The minimum absolute atomic E-state index is 0.122. The first-order chi connectivity index (χ1) is 12.5. The minimum Gasteiger partial charge on any atom is -0.347 e. The van der Waals surface area contributed by atoms with E-state index in [-0.39, 0.29) is 24.9 Å². The minimum atomic E-state index is -0.125. The molecular weight excluding hydrogens is 370 g/mol. The summed E-state index contributed by atoms with van der Waals surface area (Å²) in [6, 6.07) is 15.0. The smallest absolute Gasteiger partial charge is 0.279 e. The Balaban J connectivity index is 1.78. The lowest BCUT2D eigenvalue weighted by atomic mass is 10.2. The number of rotatable bonds is 8. The number of anilines is 1. The molecule has 7 heteroatoms. The van der Waals surface area contributed by atoms with Crippen molar-refractivity contribution in [3.8, 4) is 0 Å². The van der Waals surface area contributed by atoms with Gasteiger partial charge in [0.2, 0.25) is 0 Å². The van der Waals surface area contributed by atoms with Crippen molar-refractivity contribution in [1.82, 2.24) is 5.32 Å². The summed E-state index contributed by atoms with van der Waals surface area (Å²) in [7, 11) is 1.81. The molecule has 2 aromatic carbocycles. The molecule has 0 saturated heterocycles. The molecule has 0 radical (unpaired) electrons. The predicted octanol–water partition coefficient (Wildman–Crippen LogP) is 1.83. The molecule has 0 fully saturated rings. The van der Waals surface area contributed by atoms with Gasteiger partial charge in [-0.3, -0.25) is 9.59 Å². The van der Waals surface area contributed by atoms with Crippen LogP contribution in [0.25, 0.3) is 0 Å². The quantitative estimate of drug-likeness (QED) is 0.600. The number of halogens is 1. The molecule has 0 aliphatic heterocycles. The van der Waals surface area contributed by atoms with Gasteiger partial charge >= 0.3 is 0 Å². The standard InChI is InChI=1S/C19H22ClN3O2S/c1-23(12-18(24)21-11-14-7-3-4-8-15(14)20)13-19(25)22-16-9-5-6-10-17(16)26-2/h3-10H,11-13H2,1-2H3,(H,21,24)(H,22,25)/p+1. The highest BCUT2D eigenvalue weighted by Gasteiger charge is 2.15. The van der Waals surface area contributed by atoms with Gasteiger partial charge in [-0.25, -0.2) is 0 Å². The Labute approximate surface area is 163 Å². The summed E-state index contributed by atoms with van der Waals surface area (Å²) in [6.45, 7) is 0.795. The molecule has 138 valence electrons. The fourth-order valence-electron chi connectivity index (χ4n) is 2.45. The van der Waals surface area contributed by atoms with Crippen molar-refractivity contribution in [3.05, 3.63) is 59.1 Å². The van der Waals surface area contributed by atoms with E-state index in [4.69, 9.17) is 11.6 Å². The van der Waals surface area contributed by atoms with Crippen LogP contribution < -0.4 is 15.5 Å². The van der Waals surface area contributed by atoms with Crippen molar-refractivity contribution in [3.63, 3.8) is 0 Å². The van der Waals surface area contributed by atoms with Crippen LogP contribution in [0.2, 0.25) is 5.02 Å². The molecule has 0 bridgehead atoms. The average molecular weight is 393 g/mol. The first-order valence-electron chi connectivity index (χ1n) is 8.24. The number of quaternary nitrogens is 1. The second-order valence-electron chi connectivity index (χ2n) is 5.93. The monoisotopic (exact) mass is 392 g/mol. The van der Waals surface area contributed by atoms with E-state index in [9.17, 15) is 9.59 Å². The van der Waals surface area contributed by atoms with Crippen LogP contribution >= 0.6 is 23.4 Å². The van der Waals surface area contributed by atoms with Crippen LogP contribution in [0.4, 0.5) is 5.69 Å². The average Bonchev–Trinajstić information content (AvgIpc) is 2.61. The van der Waals surface area contributed by atoms with E-state index in [0.29, 0.717) is 11.6 Å². The summed E-state index contributed by atoms with van der Waals surface area (Å²) in [6.07, 6.45) is 1.96. The van der Waals surface area contributed by atoms with Crippen molar-refractivity contribution in [1.29, 1.82) is 0 Å². The molecule has 2 rings (SSSR count). The molecule has 5 nitrogen and oxygen atoms in total. The summed E-state index contributed by atoms with van der Waals surface area (Å²) in [4.78, 5) is 26.1. The van der Waals surface area contributed by atoms with E-state index < -0.39 is 0 Å². The molecule has 26 heavy (non-hydrogen) atoms. The van der Waals surface area contributed by atoms with Gasteiger partial charge < -0.3 is 15.5 Å². The summed E-state index contributed by atoms with van der Waals surface area (Å²) in [5, 5.41) is 6.36. The van der Waals surface area contributed by atoms with Gasteiger partial charge in [0.25, 0.3) is 11.8 Å². The van der Waals surface area contributed by atoms with Crippen molar-refractivity contribution in [2.24, 2.45) is 0 Å². The predicted molar refractivity (Wildman–Crippen MR) is 107 cm³/mol. The normalized spacial score (nSPS) is 11.7. The van der Waals surface area contributed by atoms with Gasteiger partial charge in [0.1, 0.15) is 0 Å². The third-order valence-corrected chi connectivity index (χ3v) is 4.90. The molecule has 0 saturated carbocycles. The summed E-state index contributed by atoms with van der Waals surface area (Å²) in [5.74, 6) is -0.248. The Bertz CT molecular complexity index is 770. The Morgan fingerprint density at radius 3 is 2.42 bits per heavy atom. The van der Waals surface area contributed by atoms with Crippen LogP contribution in [0.15, 0.2) is 53.4 Å². The van der Waals surface area contributed by atoms with Crippen LogP contribution in [0, 0.1) is 0 Å². The number of carbonyl (C=O) groups is 2. The van der Waals surface area contributed by atoms with Crippen LogP contribution in [0.5, 0.6) is 0 Å². The van der Waals surface area contributed by atoms with Crippen molar-refractivity contribution < 1.29 is 14.5 Å². The van der Waals surface area contributed by atoms with Crippen molar-refractivity contribution in [2.45, 2.75) is 11.4 Å². The van der Waals surface area contributed by atoms with Gasteiger partial charge in [-0.2, -0.15) is 0 Å². The number of para-hydroxylation sites is 1. The van der Waals surface area contributed by atoms with Gasteiger partial charge in [0, 0.05) is 16.5 Å². The van der Waals surface area contributed by atoms with E-state index in [1.165, 1.54) is 0 Å². The van der Waals surface area contributed by atoms with E-state index in [1.54, 1.807) is 17.8 Å². The number of hydrogen-bond acceptors (Lipinski definition) is 3. The SMILES string of the molecule is CSc1ccccc1NC(=O)C[NH+](C)CC(=O)NCc1ccccc1Cl. The number of likely N-dealkylation sites (N-methyl/N-ethyl adjacent to an activating group) is 1. The molecular formula is C19H23ClN3O2S+. The molecule has 0 heterocycles. The molecule has 0 aliphatic rings. The lowest BCUT2D eigenvalue weighted by molar-refractivity contribution is -0.862. The highest BCUT2D eigenvalue weighted by atomic mass is 35.5. The summed E-state index contributed by atoms with van der Waals surface area (Å²) < 4.78 is 0. The maximum Gasteiger partial charge on any atom is 0.279 e. The highest BCUT2D eigenvalue weighted by Crippen LogP contribution is 2.24. The summed E-state index contributed by atoms with van der Waals surface area (Å²) >= 11 is 7.65. The Morgan fingerprint density at radius 2 is 1.69 bits per heavy atom. The second kappa shape index (κ2) is 10.2. The molecule has 1 unspecified atom stereocenters. The van der Waals surface area contributed by atoms with Gasteiger partial charge in [0.15, 0.2) is 13.1 Å². The molecule has 0 aromatic heterocycles. The number of amides is 2. The molecule has 0 spiro atoms. The first kappa shape index (κ1) is 20.3. The number of benzene rings is 2. The topological polar surface area (TPSA) is 62.6 Å². The molecule has 2 aromatic rings. The molecule has 0 aliphatic carbocycles. The van der Waals surface area contributed by atoms with Crippen LogP contribution in [0.1, 0.15) is 5.56 Å². The molecule has 3 N–H and O–H groups in total. The fraction of sp³-hybridized carbons (Fsp3) is 0.263. The zero-order valence-electron chi connectivity index (χ0n) is 14.8. The Hall–Kier alpha value is -2.02. The molecule has 1 atom stereocenters. The van der Waals surface area contributed by atoms with Crippen LogP contribution in [-0.4, -0.2) is 38.2 Å². The van der Waals surface area contributed by atoms with E-state index in [1.807, 2.05) is 55.8 Å². The molecule has 2 amide bonds. The third-order valence-electron chi connectivity index (χ3n) is 3.74. The zero-order chi connectivity index (χ0) is 18.9. The third kappa shape index (κ3) is 6.37. The number of hydrogen-bond donors (Lipinski definition) is 3. The maximum atomic E-state index is 12.2. The number of nitrogens with one attached hydrogen (secondary N) is 3.